The summed E-state index contributed by atoms with van der Waals surface area (Å²) < 4.78 is 15.9. The van der Waals surface area contributed by atoms with Crippen molar-refractivity contribution in [1.29, 1.82) is 0 Å². The first-order valence-electron chi connectivity index (χ1n) is 5.64. The van der Waals surface area contributed by atoms with Gasteiger partial charge in [0, 0.05) is 24.7 Å². The third-order valence-corrected chi connectivity index (χ3v) is 3.25. The van der Waals surface area contributed by atoms with E-state index in [0.717, 1.165) is 6.54 Å². The maximum Gasteiger partial charge on any atom is 0.180 e. The molecule has 0 aliphatic carbocycles. The van der Waals surface area contributed by atoms with Gasteiger partial charge in [0.1, 0.15) is 11.9 Å². The molecule has 1 fully saturated rings. The summed E-state index contributed by atoms with van der Waals surface area (Å²) in [6.45, 7) is 1.97. The Balaban J connectivity index is 2.46. The van der Waals surface area contributed by atoms with Crippen LogP contribution in [0.3, 0.4) is 0 Å². The minimum atomic E-state index is -0.286. The molecule has 100 valence electrons. The van der Waals surface area contributed by atoms with Gasteiger partial charge in [-0.2, -0.15) is 0 Å². The topological polar surface area (TPSA) is 60.0 Å². The second-order valence-electron chi connectivity index (χ2n) is 3.92. The molecule has 0 aromatic heterocycles. The number of hydrogen-bond donors (Lipinski definition) is 2. The van der Waals surface area contributed by atoms with Crippen molar-refractivity contribution in [2.24, 2.45) is 0 Å². The van der Waals surface area contributed by atoms with E-state index in [0.29, 0.717) is 35.2 Å². The summed E-state index contributed by atoms with van der Waals surface area (Å²) in [6, 6.07) is 1.48. The van der Waals surface area contributed by atoms with Crippen LogP contribution < -0.4 is 14.8 Å². The number of hydrogen-bond acceptors (Lipinski definition) is 5. The van der Waals surface area contributed by atoms with Gasteiger partial charge in [-0.3, -0.25) is 0 Å². The largest absolute Gasteiger partial charge is 0.507 e. The Labute approximate surface area is 111 Å². The van der Waals surface area contributed by atoms with Crippen molar-refractivity contribution in [1.82, 2.24) is 5.32 Å². The van der Waals surface area contributed by atoms with E-state index >= 15 is 0 Å². The van der Waals surface area contributed by atoms with Crippen molar-refractivity contribution in [2.45, 2.75) is 6.10 Å². The maximum atomic E-state index is 10.0. The Bertz CT molecular complexity index is 433. The average molecular weight is 274 g/mol. The molecule has 6 heteroatoms. The minimum absolute atomic E-state index is 0.0475. The molecule has 0 bridgehead atoms. The summed E-state index contributed by atoms with van der Waals surface area (Å²) in [4.78, 5) is 0. The van der Waals surface area contributed by atoms with Gasteiger partial charge >= 0.3 is 0 Å². The Morgan fingerprint density at radius 3 is 2.78 bits per heavy atom. The fourth-order valence-corrected chi connectivity index (χ4v) is 2.40. The average Bonchev–Trinajstić information content (AvgIpc) is 2.39. The molecule has 5 nitrogen and oxygen atoms in total. The van der Waals surface area contributed by atoms with Crippen LogP contribution >= 0.6 is 11.6 Å². The highest BCUT2D eigenvalue weighted by atomic mass is 35.5. The molecule has 1 aliphatic rings. The lowest BCUT2D eigenvalue weighted by atomic mass is 10.1. The van der Waals surface area contributed by atoms with E-state index in [9.17, 15) is 5.11 Å². The van der Waals surface area contributed by atoms with Gasteiger partial charge in [-0.05, 0) is 0 Å². The van der Waals surface area contributed by atoms with E-state index in [1.807, 2.05) is 0 Å². The molecule has 18 heavy (non-hydrogen) atoms. The van der Waals surface area contributed by atoms with Crippen molar-refractivity contribution in [3.63, 3.8) is 0 Å². The molecule has 1 aromatic rings. The SMILES string of the molecule is COc1cc(O)c(C2CNCCO2)c(Cl)c1OC. The summed E-state index contributed by atoms with van der Waals surface area (Å²) in [7, 11) is 3.00. The van der Waals surface area contributed by atoms with Crippen molar-refractivity contribution >= 4 is 11.6 Å². The zero-order valence-corrected chi connectivity index (χ0v) is 11.1. The quantitative estimate of drug-likeness (QED) is 0.878. The van der Waals surface area contributed by atoms with Gasteiger partial charge in [0.2, 0.25) is 0 Å². The van der Waals surface area contributed by atoms with E-state index in [1.54, 1.807) is 0 Å². The van der Waals surface area contributed by atoms with Crippen molar-refractivity contribution in [3.8, 4) is 17.2 Å². The number of morpholine rings is 1. The second kappa shape index (κ2) is 5.65. The highest BCUT2D eigenvalue weighted by Crippen LogP contribution is 2.45. The third-order valence-electron chi connectivity index (χ3n) is 2.88. The van der Waals surface area contributed by atoms with Crippen molar-refractivity contribution in [3.05, 3.63) is 16.7 Å². The van der Waals surface area contributed by atoms with E-state index in [2.05, 4.69) is 5.32 Å². The standard InChI is InChI=1S/C12H16ClNO4/c1-16-8-5-7(15)10(11(13)12(8)17-2)9-6-14-3-4-18-9/h5,9,14-15H,3-4,6H2,1-2H3. The highest BCUT2D eigenvalue weighted by molar-refractivity contribution is 6.33. The van der Waals surface area contributed by atoms with Gasteiger partial charge in [-0.1, -0.05) is 11.6 Å². The van der Waals surface area contributed by atoms with Crippen LogP contribution in [0.15, 0.2) is 6.07 Å². The molecule has 1 saturated heterocycles. The van der Waals surface area contributed by atoms with Gasteiger partial charge in [-0.25, -0.2) is 0 Å². The lowest BCUT2D eigenvalue weighted by molar-refractivity contribution is 0.0262. The van der Waals surface area contributed by atoms with Crippen LogP contribution in [0, 0.1) is 0 Å². The number of phenolic OH excluding ortho intramolecular Hbond substituents is 1. The number of halogens is 1. The molecule has 2 rings (SSSR count). The molecule has 0 radical (unpaired) electrons. The zero-order valence-electron chi connectivity index (χ0n) is 10.3. The predicted molar refractivity (Wildman–Crippen MR) is 67.8 cm³/mol. The van der Waals surface area contributed by atoms with Gasteiger partial charge in [0.15, 0.2) is 11.5 Å². The Kier molecular flexibility index (Phi) is 4.16. The smallest absolute Gasteiger partial charge is 0.180 e. The number of aromatic hydroxyl groups is 1. The van der Waals surface area contributed by atoms with Crippen LogP contribution in [0.4, 0.5) is 0 Å². The van der Waals surface area contributed by atoms with E-state index in [1.165, 1.54) is 20.3 Å². The van der Waals surface area contributed by atoms with Crippen molar-refractivity contribution < 1.29 is 19.3 Å². The molecule has 1 atom stereocenters. The van der Waals surface area contributed by atoms with Crippen LogP contribution in [0.2, 0.25) is 5.02 Å². The summed E-state index contributed by atoms with van der Waals surface area (Å²) in [5.74, 6) is 0.847. The molecule has 0 amide bonds. The number of benzene rings is 1. The Morgan fingerprint density at radius 1 is 1.44 bits per heavy atom. The monoisotopic (exact) mass is 273 g/mol. The van der Waals surface area contributed by atoms with Crippen LogP contribution in [0.1, 0.15) is 11.7 Å². The van der Waals surface area contributed by atoms with Crippen LogP contribution in [0.25, 0.3) is 0 Å². The molecular weight excluding hydrogens is 258 g/mol. The van der Waals surface area contributed by atoms with E-state index in [4.69, 9.17) is 25.8 Å². The third kappa shape index (κ3) is 2.34. The number of nitrogens with one attached hydrogen (secondary N) is 1. The van der Waals surface area contributed by atoms with Crippen molar-refractivity contribution in [2.75, 3.05) is 33.9 Å². The highest BCUT2D eigenvalue weighted by Gasteiger charge is 2.26. The fraction of sp³-hybridized carbons (Fsp3) is 0.500. The molecule has 1 aromatic carbocycles. The first-order valence-corrected chi connectivity index (χ1v) is 6.02. The number of ether oxygens (including phenoxy) is 3. The molecular formula is C12H16ClNO4. The van der Waals surface area contributed by atoms with Gasteiger partial charge in [-0.15, -0.1) is 0 Å². The second-order valence-corrected chi connectivity index (χ2v) is 4.30. The summed E-state index contributed by atoms with van der Waals surface area (Å²) in [5.41, 5.74) is 0.529. The van der Waals surface area contributed by atoms with E-state index < -0.39 is 0 Å². The molecule has 2 N–H and O–H groups in total. The maximum absolute atomic E-state index is 10.0. The number of phenols is 1. The van der Waals surface area contributed by atoms with Gasteiger partial charge in [0.05, 0.1) is 25.8 Å². The predicted octanol–water partition coefficient (Wildman–Crippen LogP) is 1.72. The zero-order chi connectivity index (χ0) is 13.1. The van der Waals surface area contributed by atoms with Crippen LogP contribution in [-0.4, -0.2) is 39.0 Å². The summed E-state index contributed by atoms with van der Waals surface area (Å²) in [5, 5.41) is 13.6. The summed E-state index contributed by atoms with van der Waals surface area (Å²) in [6.07, 6.45) is -0.286. The van der Waals surface area contributed by atoms with Gasteiger partial charge < -0.3 is 24.6 Å². The first kappa shape index (κ1) is 13.3. The number of methoxy groups -OCH3 is 2. The van der Waals surface area contributed by atoms with E-state index in [-0.39, 0.29) is 11.9 Å². The first-order chi connectivity index (χ1) is 8.69. The minimum Gasteiger partial charge on any atom is -0.507 e. The molecule has 0 saturated carbocycles. The lowest BCUT2D eigenvalue weighted by Crippen LogP contribution is -2.33. The summed E-state index contributed by atoms with van der Waals surface area (Å²) >= 11 is 6.26. The van der Waals surface area contributed by atoms with Crippen LogP contribution in [-0.2, 0) is 4.74 Å². The molecule has 1 heterocycles. The Morgan fingerprint density at radius 2 is 2.22 bits per heavy atom. The van der Waals surface area contributed by atoms with Crippen LogP contribution in [0.5, 0.6) is 17.2 Å². The number of rotatable bonds is 3. The Hall–Kier alpha value is -1.17. The normalized spacial score (nSPS) is 19.6. The fourth-order valence-electron chi connectivity index (χ4n) is 2.01. The molecule has 0 spiro atoms. The lowest BCUT2D eigenvalue weighted by Gasteiger charge is -2.26. The molecule has 1 aliphatic heterocycles. The van der Waals surface area contributed by atoms with Gasteiger partial charge in [0.25, 0.3) is 0 Å². The molecule has 1 unspecified atom stereocenters.